The van der Waals surface area contributed by atoms with Crippen LogP contribution in [0, 0.1) is 0 Å². The number of benzene rings is 1. The van der Waals surface area contributed by atoms with E-state index < -0.39 is 0 Å². The highest BCUT2D eigenvalue weighted by Crippen LogP contribution is 2.26. The van der Waals surface area contributed by atoms with Crippen molar-refractivity contribution in [2.75, 3.05) is 0 Å². The number of rotatable bonds is 1. The van der Waals surface area contributed by atoms with Gasteiger partial charge in [0.05, 0.1) is 0 Å². The first-order chi connectivity index (χ1) is 7.29. The lowest BCUT2D eigenvalue weighted by molar-refractivity contribution is -0.116. The Morgan fingerprint density at radius 2 is 1.73 bits per heavy atom. The van der Waals surface area contributed by atoms with Crippen LogP contribution in [0.1, 0.15) is 31.2 Å². The summed E-state index contributed by atoms with van der Waals surface area (Å²) in [6.45, 7) is 0. The van der Waals surface area contributed by atoms with E-state index >= 15 is 0 Å². The van der Waals surface area contributed by atoms with Gasteiger partial charge >= 0.3 is 0 Å². The second-order valence-corrected chi connectivity index (χ2v) is 3.82. The molecule has 1 N–H and O–H groups in total. The number of aliphatic hydroxyl groups excluding tert-OH is 1. The SMILES string of the molecule is O=C1CCCC/C1=C(/O)c1ccccc1. The van der Waals surface area contributed by atoms with Crippen molar-refractivity contribution in [3.63, 3.8) is 0 Å². The monoisotopic (exact) mass is 202 g/mol. The Kier molecular flexibility index (Phi) is 2.86. The molecule has 0 atom stereocenters. The third-order valence-electron chi connectivity index (χ3n) is 2.75. The van der Waals surface area contributed by atoms with Crippen molar-refractivity contribution < 1.29 is 9.90 Å². The third-order valence-corrected chi connectivity index (χ3v) is 2.75. The van der Waals surface area contributed by atoms with Gasteiger partial charge in [-0.05, 0) is 19.3 Å². The average Bonchev–Trinajstić information content (AvgIpc) is 2.30. The first kappa shape index (κ1) is 9.97. The minimum Gasteiger partial charge on any atom is -0.507 e. The first-order valence-electron chi connectivity index (χ1n) is 5.30. The summed E-state index contributed by atoms with van der Waals surface area (Å²) >= 11 is 0. The lowest BCUT2D eigenvalue weighted by atomic mass is 9.91. The normalized spacial score (nSPS) is 20.1. The molecular formula is C13H14O2. The summed E-state index contributed by atoms with van der Waals surface area (Å²) in [5.74, 6) is 0.267. The largest absolute Gasteiger partial charge is 0.507 e. The molecule has 0 aromatic heterocycles. The number of carbonyl (C=O) groups is 1. The molecular weight excluding hydrogens is 188 g/mol. The van der Waals surface area contributed by atoms with Gasteiger partial charge in [0.15, 0.2) is 5.78 Å². The molecule has 1 aromatic carbocycles. The van der Waals surface area contributed by atoms with Crippen molar-refractivity contribution in [2.45, 2.75) is 25.7 Å². The molecule has 1 aromatic rings. The highest BCUT2D eigenvalue weighted by atomic mass is 16.3. The molecule has 2 rings (SSSR count). The van der Waals surface area contributed by atoms with E-state index in [1.807, 2.05) is 30.3 Å². The fraction of sp³-hybridized carbons (Fsp3) is 0.308. The van der Waals surface area contributed by atoms with Gasteiger partial charge < -0.3 is 5.11 Å². The Morgan fingerprint density at radius 1 is 1.07 bits per heavy atom. The van der Waals surface area contributed by atoms with E-state index in [1.165, 1.54) is 0 Å². The number of allylic oxidation sites excluding steroid dienone is 1. The maximum atomic E-state index is 11.6. The Bertz CT molecular complexity index is 390. The second-order valence-electron chi connectivity index (χ2n) is 3.82. The lowest BCUT2D eigenvalue weighted by Crippen LogP contribution is -2.10. The molecule has 0 spiro atoms. The van der Waals surface area contributed by atoms with Gasteiger partial charge in [0.1, 0.15) is 5.76 Å². The zero-order valence-corrected chi connectivity index (χ0v) is 8.57. The van der Waals surface area contributed by atoms with Crippen molar-refractivity contribution in [3.8, 4) is 0 Å². The van der Waals surface area contributed by atoms with E-state index in [0.717, 1.165) is 18.4 Å². The highest BCUT2D eigenvalue weighted by molar-refractivity contribution is 6.01. The van der Waals surface area contributed by atoms with Crippen LogP contribution in [-0.4, -0.2) is 10.9 Å². The fourth-order valence-electron chi connectivity index (χ4n) is 1.90. The third kappa shape index (κ3) is 2.09. The van der Waals surface area contributed by atoms with Gasteiger partial charge in [-0.3, -0.25) is 4.79 Å². The number of hydrogen-bond acceptors (Lipinski definition) is 2. The number of hydrogen-bond donors (Lipinski definition) is 1. The quantitative estimate of drug-likeness (QED) is 0.561. The summed E-state index contributed by atoms with van der Waals surface area (Å²) in [6, 6.07) is 9.26. The Morgan fingerprint density at radius 3 is 2.40 bits per heavy atom. The highest BCUT2D eigenvalue weighted by Gasteiger charge is 2.19. The smallest absolute Gasteiger partial charge is 0.162 e. The molecule has 2 heteroatoms. The average molecular weight is 202 g/mol. The molecule has 1 aliphatic rings. The summed E-state index contributed by atoms with van der Waals surface area (Å²) in [5.41, 5.74) is 1.34. The number of carbonyl (C=O) groups excluding carboxylic acids is 1. The maximum absolute atomic E-state index is 11.6. The molecule has 0 unspecified atom stereocenters. The van der Waals surface area contributed by atoms with Gasteiger partial charge in [0.2, 0.25) is 0 Å². The Labute approximate surface area is 89.2 Å². The molecule has 0 saturated heterocycles. The molecule has 1 fully saturated rings. The summed E-state index contributed by atoms with van der Waals surface area (Å²) in [7, 11) is 0. The van der Waals surface area contributed by atoms with Crippen molar-refractivity contribution in [1.82, 2.24) is 0 Å². The van der Waals surface area contributed by atoms with Crippen molar-refractivity contribution in [2.24, 2.45) is 0 Å². The van der Waals surface area contributed by atoms with Gasteiger partial charge in [-0.25, -0.2) is 0 Å². The van der Waals surface area contributed by atoms with Crippen LogP contribution in [0.25, 0.3) is 5.76 Å². The van der Waals surface area contributed by atoms with E-state index in [9.17, 15) is 9.90 Å². The topological polar surface area (TPSA) is 37.3 Å². The van der Waals surface area contributed by atoms with Crippen LogP contribution in [0.5, 0.6) is 0 Å². The van der Waals surface area contributed by atoms with Crippen molar-refractivity contribution >= 4 is 11.5 Å². The molecule has 1 aliphatic carbocycles. The van der Waals surface area contributed by atoms with Crippen LogP contribution in [0.4, 0.5) is 0 Å². The Balaban J connectivity index is 2.35. The lowest BCUT2D eigenvalue weighted by Gasteiger charge is -2.14. The zero-order valence-electron chi connectivity index (χ0n) is 8.57. The van der Waals surface area contributed by atoms with Gasteiger partial charge in [-0.2, -0.15) is 0 Å². The van der Waals surface area contributed by atoms with Crippen LogP contribution >= 0.6 is 0 Å². The second kappa shape index (κ2) is 4.30. The van der Waals surface area contributed by atoms with Gasteiger partial charge in [0.25, 0.3) is 0 Å². The number of ketones is 1. The molecule has 1 saturated carbocycles. The summed E-state index contributed by atoms with van der Waals surface area (Å²) in [5, 5.41) is 9.97. The van der Waals surface area contributed by atoms with Gasteiger partial charge in [-0.1, -0.05) is 30.3 Å². The van der Waals surface area contributed by atoms with Crippen LogP contribution in [0.2, 0.25) is 0 Å². The van der Waals surface area contributed by atoms with E-state index in [0.29, 0.717) is 18.4 Å². The van der Waals surface area contributed by atoms with E-state index in [-0.39, 0.29) is 11.5 Å². The molecule has 15 heavy (non-hydrogen) atoms. The molecule has 0 amide bonds. The van der Waals surface area contributed by atoms with Crippen LogP contribution in [0.15, 0.2) is 35.9 Å². The van der Waals surface area contributed by atoms with Crippen LogP contribution in [-0.2, 0) is 4.79 Å². The minimum absolute atomic E-state index is 0.0996. The van der Waals surface area contributed by atoms with E-state index in [1.54, 1.807) is 0 Å². The summed E-state index contributed by atoms with van der Waals surface area (Å²) in [4.78, 5) is 11.6. The molecule has 0 aliphatic heterocycles. The predicted octanol–water partition coefficient (Wildman–Crippen LogP) is 3.10. The molecule has 0 radical (unpaired) electrons. The fourth-order valence-corrected chi connectivity index (χ4v) is 1.90. The van der Waals surface area contributed by atoms with Crippen LogP contribution < -0.4 is 0 Å². The maximum Gasteiger partial charge on any atom is 0.162 e. The van der Waals surface area contributed by atoms with E-state index in [2.05, 4.69) is 0 Å². The molecule has 0 bridgehead atoms. The van der Waals surface area contributed by atoms with Gasteiger partial charge in [0, 0.05) is 17.6 Å². The zero-order chi connectivity index (χ0) is 10.7. The predicted molar refractivity (Wildman–Crippen MR) is 59.5 cm³/mol. The first-order valence-corrected chi connectivity index (χ1v) is 5.30. The summed E-state index contributed by atoms with van der Waals surface area (Å²) in [6.07, 6.45) is 3.23. The van der Waals surface area contributed by atoms with Crippen molar-refractivity contribution in [3.05, 3.63) is 41.5 Å². The molecule has 2 nitrogen and oxygen atoms in total. The minimum atomic E-state index is 0.0996. The van der Waals surface area contributed by atoms with Gasteiger partial charge in [-0.15, -0.1) is 0 Å². The molecule has 0 heterocycles. The Hall–Kier alpha value is -1.57. The van der Waals surface area contributed by atoms with Crippen LogP contribution in [0.3, 0.4) is 0 Å². The number of Topliss-reactive ketones (excluding diaryl/α,β-unsaturated/α-hetero) is 1. The standard InChI is InChI=1S/C13H14O2/c14-12-9-5-4-8-11(12)13(15)10-6-2-1-3-7-10/h1-3,6-7,15H,4-5,8-9H2/b13-11-. The van der Waals surface area contributed by atoms with E-state index in [4.69, 9.17) is 0 Å². The summed E-state index contributed by atoms with van der Waals surface area (Å²) < 4.78 is 0. The number of aliphatic hydroxyl groups is 1. The molecule has 78 valence electrons. The van der Waals surface area contributed by atoms with Crippen molar-refractivity contribution in [1.29, 1.82) is 0 Å².